The maximum Gasteiger partial charge on any atom is 0.267 e. The average molecular weight is 342 g/mol. The quantitative estimate of drug-likeness (QED) is 0.645. The number of carbonyl (C=O) groups is 2. The molecule has 0 bridgehead atoms. The highest BCUT2D eigenvalue weighted by atomic mass is 16.5. The van der Waals surface area contributed by atoms with Crippen molar-refractivity contribution in [1.82, 2.24) is 4.90 Å². The summed E-state index contributed by atoms with van der Waals surface area (Å²) in [6, 6.07) is 8.63. The van der Waals surface area contributed by atoms with Gasteiger partial charge in [-0.3, -0.25) is 9.59 Å². The summed E-state index contributed by atoms with van der Waals surface area (Å²) in [5.41, 5.74) is 1.22. The number of nitriles is 1. The van der Waals surface area contributed by atoms with Crippen LogP contribution in [0.1, 0.15) is 20.8 Å². The van der Waals surface area contributed by atoms with Crippen molar-refractivity contribution in [3.8, 4) is 6.07 Å². The van der Waals surface area contributed by atoms with Crippen LogP contribution in [-0.2, 0) is 14.3 Å². The van der Waals surface area contributed by atoms with Crippen LogP contribution in [-0.4, -0.2) is 42.0 Å². The molecule has 7 heteroatoms. The van der Waals surface area contributed by atoms with Gasteiger partial charge in [0, 0.05) is 37.6 Å². The first-order valence-corrected chi connectivity index (χ1v) is 8.08. The molecule has 1 aromatic rings. The average Bonchev–Trinajstić information content (AvgIpc) is 2.53. The van der Waals surface area contributed by atoms with Gasteiger partial charge in [0.2, 0.25) is 5.91 Å². The molecule has 132 valence electrons. The normalized spacial score (nSPS) is 20.6. The molecule has 2 N–H and O–H groups in total. The van der Waals surface area contributed by atoms with Crippen molar-refractivity contribution in [1.29, 1.82) is 5.26 Å². The summed E-state index contributed by atoms with van der Waals surface area (Å²) in [5, 5.41) is 14.6. The second-order valence-corrected chi connectivity index (χ2v) is 6.08. The zero-order valence-corrected chi connectivity index (χ0v) is 14.6. The molecule has 2 atom stereocenters. The van der Waals surface area contributed by atoms with Crippen molar-refractivity contribution in [2.75, 3.05) is 23.7 Å². The van der Waals surface area contributed by atoms with Gasteiger partial charge in [-0.2, -0.15) is 5.26 Å². The third-order valence-corrected chi connectivity index (χ3v) is 3.59. The van der Waals surface area contributed by atoms with Crippen LogP contribution in [0.15, 0.2) is 36.0 Å². The highest BCUT2D eigenvalue weighted by molar-refractivity contribution is 6.06. The molecule has 1 aliphatic rings. The minimum Gasteiger partial charge on any atom is -0.372 e. The number of benzene rings is 1. The van der Waals surface area contributed by atoms with E-state index in [0.29, 0.717) is 24.5 Å². The monoisotopic (exact) mass is 342 g/mol. The lowest BCUT2D eigenvalue weighted by molar-refractivity contribution is -0.114. The van der Waals surface area contributed by atoms with Crippen LogP contribution in [0.4, 0.5) is 11.4 Å². The van der Waals surface area contributed by atoms with Crippen LogP contribution >= 0.6 is 0 Å². The molecule has 7 nitrogen and oxygen atoms in total. The summed E-state index contributed by atoms with van der Waals surface area (Å²) < 4.78 is 5.64. The zero-order valence-electron chi connectivity index (χ0n) is 14.6. The first-order valence-electron chi connectivity index (χ1n) is 8.08. The summed E-state index contributed by atoms with van der Waals surface area (Å²) in [4.78, 5) is 25.2. The predicted molar refractivity (Wildman–Crippen MR) is 94.7 cm³/mol. The molecule has 2 unspecified atom stereocenters. The van der Waals surface area contributed by atoms with Crippen LogP contribution in [0.2, 0.25) is 0 Å². The molecule has 2 rings (SSSR count). The number of anilines is 2. The Labute approximate surface area is 147 Å². The Hall–Kier alpha value is -2.85. The van der Waals surface area contributed by atoms with Crippen molar-refractivity contribution in [2.24, 2.45) is 0 Å². The minimum absolute atomic E-state index is 0.0345. The highest BCUT2D eigenvalue weighted by Gasteiger charge is 2.21. The topological polar surface area (TPSA) is 94.5 Å². The predicted octanol–water partition coefficient (Wildman–Crippen LogP) is 2.10. The van der Waals surface area contributed by atoms with Crippen molar-refractivity contribution >= 4 is 23.2 Å². The van der Waals surface area contributed by atoms with E-state index in [9.17, 15) is 14.9 Å². The van der Waals surface area contributed by atoms with Crippen LogP contribution in [0.3, 0.4) is 0 Å². The van der Waals surface area contributed by atoms with Crippen LogP contribution in [0.5, 0.6) is 0 Å². The van der Waals surface area contributed by atoms with E-state index in [1.165, 1.54) is 6.92 Å². The van der Waals surface area contributed by atoms with E-state index in [4.69, 9.17) is 4.74 Å². The van der Waals surface area contributed by atoms with Crippen LogP contribution < -0.4 is 10.6 Å². The lowest BCUT2D eigenvalue weighted by Gasteiger charge is -2.34. The van der Waals surface area contributed by atoms with Gasteiger partial charge in [-0.1, -0.05) is 0 Å². The smallest absolute Gasteiger partial charge is 0.267 e. The van der Waals surface area contributed by atoms with E-state index in [-0.39, 0.29) is 23.7 Å². The van der Waals surface area contributed by atoms with Crippen molar-refractivity contribution in [2.45, 2.75) is 33.0 Å². The number of hydrogen-bond donors (Lipinski definition) is 2. The lowest BCUT2D eigenvalue weighted by Crippen LogP contribution is -2.43. The van der Waals surface area contributed by atoms with Gasteiger partial charge < -0.3 is 20.3 Å². The number of nitrogens with zero attached hydrogens (tertiary/aromatic N) is 2. The van der Waals surface area contributed by atoms with E-state index >= 15 is 0 Å². The third kappa shape index (κ3) is 5.62. The van der Waals surface area contributed by atoms with E-state index < -0.39 is 5.91 Å². The maximum absolute atomic E-state index is 12.3. The second kappa shape index (κ2) is 8.31. The van der Waals surface area contributed by atoms with Crippen molar-refractivity contribution in [3.63, 3.8) is 0 Å². The SMILES string of the molecule is CC(=O)Nc1ccc(NC(=O)/C(C#N)=C\N2CC(C)OC(C)C2)cc1. The van der Waals surface area contributed by atoms with Gasteiger partial charge in [-0.15, -0.1) is 0 Å². The van der Waals surface area contributed by atoms with Gasteiger partial charge in [0.15, 0.2) is 0 Å². The Morgan fingerprint density at radius 3 is 2.16 bits per heavy atom. The fourth-order valence-corrected chi connectivity index (χ4v) is 2.68. The molecule has 1 aromatic carbocycles. The summed E-state index contributed by atoms with van der Waals surface area (Å²) in [6.45, 7) is 6.61. The minimum atomic E-state index is -0.471. The van der Waals surface area contributed by atoms with Gasteiger partial charge in [0.1, 0.15) is 11.6 Å². The van der Waals surface area contributed by atoms with E-state index in [0.717, 1.165) is 0 Å². The molecular weight excluding hydrogens is 320 g/mol. The van der Waals surface area contributed by atoms with Crippen molar-refractivity contribution in [3.05, 3.63) is 36.0 Å². The molecule has 2 amide bonds. The van der Waals surface area contributed by atoms with Gasteiger partial charge in [-0.25, -0.2) is 0 Å². The number of carbonyl (C=O) groups excluding carboxylic acids is 2. The number of amides is 2. The maximum atomic E-state index is 12.3. The van der Waals surface area contributed by atoms with Crippen LogP contribution in [0.25, 0.3) is 0 Å². The lowest BCUT2D eigenvalue weighted by atomic mass is 10.2. The van der Waals surface area contributed by atoms with Gasteiger partial charge in [-0.05, 0) is 38.1 Å². The molecule has 0 aliphatic carbocycles. The second-order valence-electron chi connectivity index (χ2n) is 6.08. The fourth-order valence-electron chi connectivity index (χ4n) is 2.68. The fraction of sp³-hybridized carbons (Fsp3) is 0.389. The number of ether oxygens (including phenoxy) is 1. The van der Waals surface area contributed by atoms with E-state index in [1.54, 1.807) is 30.5 Å². The molecular formula is C18H22N4O3. The summed E-state index contributed by atoms with van der Waals surface area (Å²) in [6.07, 6.45) is 1.67. The molecule has 1 fully saturated rings. The Balaban J connectivity index is 2.03. The molecule has 0 radical (unpaired) electrons. The molecule has 1 heterocycles. The number of nitrogens with one attached hydrogen (secondary N) is 2. The number of hydrogen-bond acceptors (Lipinski definition) is 5. The van der Waals surface area contributed by atoms with Gasteiger partial charge >= 0.3 is 0 Å². The first kappa shape index (κ1) is 18.5. The summed E-state index contributed by atoms with van der Waals surface area (Å²) in [7, 11) is 0. The Morgan fingerprint density at radius 1 is 1.16 bits per heavy atom. The highest BCUT2D eigenvalue weighted by Crippen LogP contribution is 2.16. The van der Waals surface area contributed by atoms with Crippen molar-refractivity contribution < 1.29 is 14.3 Å². The van der Waals surface area contributed by atoms with Gasteiger partial charge in [0.05, 0.1) is 12.2 Å². The Morgan fingerprint density at radius 2 is 1.68 bits per heavy atom. The molecule has 1 saturated heterocycles. The molecule has 25 heavy (non-hydrogen) atoms. The molecule has 0 aromatic heterocycles. The summed E-state index contributed by atoms with van der Waals surface area (Å²) in [5.74, 6) is -0.637. The summed E-state index contributed by atoms with van der Waals surface area (Å²) >= 11 is 0. The standard InChI is InChI=1S/C18H22N4O3/c1-12-9-22(10-13(2)25-12)11-15(8-19)18(24)21-17-6-4-16(5-7-17)20-14(3)23/h4-7,11-13H,9-10H2,1-3H3,(H,20,23)(H,21,24)/b15-11-. The zero-order chi connectivity index (χ0) is 18.4. The van der Waals surface area contributed by atoms with E-state index in [1.807, 2.05) is 24.8 Å². The molecule has 0 spiro atoms. The first-order chi connectivity index (χ1) is 11.9. The third-order valence-electron chi connectivity index (χ3n) is 3.59. The van der Waals surface area contributed by atoms with Crippen LogP contribution in [0, 0.1) is 11.3 Å². The molecule has 1 aliphatic heterocycles. The molecule has 0 saturated carbocycles. The number of rotatable bonds is 4. The Bertz CT molecular complexity index is 696. The number of morpholine rings is 1. The Kier molecular flexibility index (Phi) is 6.14. The van der Waals surface area contributed by atoms with E-state index in [2.05, 4.69) is 10.6 Å². The van der Waals surface area contributed by atoms with Gasteiger partial charge in [0.25, 0.3) is 5.91 Å². The largest absolute Gasteiger partial charge is 0.372 e.